The second kappa shape index (κ2) is 9.50. The SMILES string of the molecule is C[C@@H](OC(=O)Nc1c(F)cnn1-c1ccc(-c2ccc(C3(C(=O)O)CC3)c(F)c2)cc1)c1ccccc1. The third-order valence-corrected chi connectivity index (χ3v) is 6.59. The lowest BCUT2D eigenvalue weighted by molar-refractivity contribution is -0.140. The van der Waals surface area contributed by atoms with Crippen LogP contribution in [0.15, 0.2) is 79.0 Å². The van der Waals surface area contributed by atoms with Gasteiger partial charge in [-0.15, -0.1) is 0 Å². The number of ether oxygens (including phenoxy) is 1. The Labute approximate surface area is 211 Å². The van der Waals surface area contributed by atoms with Crippen molar-refractivity contribution in [2.75, 3.05) is 5.32 Å². The predicted octanol–water partition coefficient (Wildman–Crippen LogP) is 6.24. The Hall–Kier alpha value is -4.53. The van der Waals surface area contributed by atoms with Gasteiger partial charge in [-0.3, -0.25) is 10.1 Å². The Kier molecular flexibility index (Phi) is 6.20. The molecule has 0 spiro atoms. The van der Waals surface area contributed by atoms with Gasteiger partial charge < -0.3 is 9.84 Å². The molecule has 2 N–H and O–H groups in total. The first-order valence-corrected chi connectivity index (χ1v) is 11.7. The number of rotatable bonds is 7. The van der Waals surface area contributed by atoms with Crippen LogP contribution in [0.3, 0.4) is 0 Å². The summed E-state index contributed by atoms with van der Waals surface area (Å²) in [4.78, 5) is 24.0. The van der Waals surface area contributed by atoms with Crippen molar-refractivity contribution in [1.29, 1.82) is 0 Å². The van der Waals surface area contributed by atoms with E-state index in [0.717, 1.165) is 11.8 Å². The third-order valence-electron chi connectivity index (χ3n) is 6.59. The van der Waals surface area contributed by atoms with Gasteiger partial charge in [-0.1, -0.05) is 54.6 Å². The summed E-state index contributed by atoms with van der Waals surface area (Å²) < 4.78 is 35.8. The third kappa shape index (κ3) is 4.67. The maximum Gasteiger partial charge on any atom is 0.413 e. The van der Waals surface area contributed by atoms with E-state index in [1.54, 1.807) is 37.3 Å². The monoisotopic (exact) mass is 503 g/mol. The fourth-order valence-electron chi connectivity index (χ4n) is 4.32. The van der Waals surface area contributed by atoms with Crippen molar-refractivity contribution in [1.82, 2.24) is 9.78 Å². The van der Waals surface area contributed by atoms with Crippen LogP contribution in [0.5, 0.6) is 0 Å². The molecule has 1 aliphatic rings. The lowest BCUT2D eigenvalue weighted by atomic mass is 9.93. The van der Waals surface area contributed by atoms with Gasteiger partial charge in [0, 0.05) is 5.56 Å². The van der Waals surface area contributed by atoms with Gasteiger partial charge in [-0.05, 0) is 54.7 Å². The summed E-state index contributed by atoms with van der Waals surface area (Å²) in [5.74, 6) is -2.50. The topological polar surface area (TPSA) is 93.5 Å². The Morgan fingerprint density at radius 1 is 1.00 bits per heavy atom. The zero-order valence-corrected chi connectivity index (χ0v) is 19.8. The Balaban J connectivity index is 1.33. The van der Waals surface area contributed by atoms with Crippen molar-refractivity contribution < 1.29 is 28.2 Å². The number of nitrogens with one attached hydrogen (secondary N) is 1. The highest BCUT2D eigenvalue weighted by Crippen LogP contribution is 2.49. The lowest BCUT2D eigenvalue weighted by Gasteiger charge is -2.15. The summed E-state index contributed by atoms with van der Waals surface area (Å²) in [5.41, 5.74) is 1.56. The zero-order chi connectivity index (χ0) is 26.2. The van der Waals surface area contributed by atoms with Gasteiger partial charge in [0.2, 0.25) is 0 Å². The van der Waals surface area contributed by atoms with Crippen LogP contribution in [0.2, 0.25) is 0 Å². The molecule has 5 rings (SSSR count). The van der Waals surface area contributed by atoms with Crippen LogP contribution >= 0.6 is 0 Å². The van der Waals surface area contributed by atoms with Gasteiger partial charge >= 0.3 is 12.1 Å². The minimum atomic E-state index is -1.12. The van der Waals surface area contributed by atoms with Crippen molar-refractivity contribution >= 4 is 17.9 Å². The van der Waals surface area contributed by atoms with Crippen molar-refractivity contribution in [3.05, 3.63) is 102 Å². The molecule has 7 nitrogen and oxygen atoms in total. The molecule has 0 saturated heterocycles. The number of halogens is 2. The van der Waals surface area contributed by atoms with Crippen LogP contribution in [-0.4, -0.2) is 26.9 Å². The van der Waals surface area contributed by atoms with E-state index in [1.807, 2.05) is 30.3 Å². The van der Waals surface area contributed by atoms with E-state index < -0.39 is 35.2 Å². The van der Waals surface area contributed by atoms with E-state index in [1.165, 1.54) is 16.8 Å². The molecule has 37 heavy (non-hydrogen) atoms. The number of carbonyl (C=O) groups is 2. The van der Waals surface area contributed by atoms with Crippen LogP contribution in [-0.2, 0) is 14.9 Å². The van der Waals surface area contributed by atoms with E-state index in [-0.39, 0.29) is 11.4 Å². The number of carboxylic acids is 1. The minimum Gasteiger partial charge on any atom is -0.481 e. The van der Waals surface area contributed by atoms with Crippen LogP contribution in [0.4, 0.5) is 19.4 Å². The van der Waals surface area contributed by atoms with Crippen LogP contribution in [0.1, 0.15) is 37.0 Å². The first-order valence-electron chi connectivity index (χ1n) is 11.7. The summed E-state index contributed by atoms with van der Waals surface area (Å²) >= 11 is 0. The number of benzene rings is 3. The molecule has 0 unspecified atom stereocenters. The second-order valence-electron chi connectivity index (χ2n) is 8.96. The van der Waals surface area contributed by atoms with Gasteiger partial charge in [-0.2, -0.15) is 5.10 Å². The molecule has 1 fully saturated rings. The number of anilines is 1. The first kappa shape index (κ1) is 24.2. The Morgan fingerprint density at radius 2 is 1.68 bits per heavy atom. The molecular formula is C28H23F2N3O4. The average molecular weight is 504 g/mol. The van der Waals surface area contributed by atoms with Crippen LogP contribution in [0.25, 0.3) is 16.8 Å². The fraction of sp³-hybridized carbons (Fsp3) is 0.179. The van der Waals surface area contributed by atoms with E-state index >= 15 is 0 Å². The molecule has 4 aromatic rings. The molecule has 0 aliphatic heterocycles. The van der Waals surface area contributed by atoms with E-state index in [2.05, 4.69) is 10.4 Å². The Morgan fingerprint density at radius 3 is 2.30 bits per heavy atom. The molecule has 1 aliphatic carbocycles. The van der Waals surface area contributed by atoms with Crippen molar-refractivity contribution in [2.45, 2.75) is 31.3 Å². The van der Waals surface area contributed by atoms with Crippen molar-refractivity contribution in [3.8, 4) is 16.8 Å². The molecule has 1 amide bonds. The van der Waals surface area contributed by atoms with E-state index in [4.69, 9.17) is 4.74 Å². The number of hydrogen-bond donors (Lipinski definition) is 2. The van der Waals surface area contributed by atoms with Crippen LogP contribution in [0, 0.1) is 11.6 Å². The number of nitrogens with zero attached hydrogens (tertiary/aromatic N) is 2. The van der Waals surface area contributed by atoms with Crippen molar-refractivity contribution in [3.63, 3.8) is 0 Å². The van der Waals surface area contributed by atoms with E-state index in [0.29, 0.717) is 29.7 Å². The fourth-order valence-corrected chi connectivity index (χ4v) is 4.32. The molecule has 1 saturated carbocycles. The average Bonchev–Trinajstić information content (AvgIpc) is 3.63. The molecule has 9 heteroatoms. The standard InChI is InChI=1S/C28H23F2N3O4/c1-17(18-5-3-2-4-6-18)37-27(36)32-25-24(30)16-31-33(25)21-10-7-19(8-11-21)20-9-12-22(23(29)15-20)28(13-14-28)26(34)35/h2-12,15-17H,13-14H2,1H3,(H,32,36)(H,34,35)/t17-/m1/s1. The molecular weight excluding hydrogens is 480 g/mol. The largest absolute Gasteiger partial charge is 0.481 e. The highest BCUT2D eigenvalue weighted by atomic mass is 19.1. The first-order chi connectivity index (χ1) is 17.8. The highest BCUT2D eigenvalue weighted by molar-refractivity contribution is 5.85. The molecule has 0 bridgehead atoms. The summed E-state index contributed by atoms with van der Waals surface area (Å²) in [6, 6.07) is 20.4. The van der Waals surface area contributed by atoms with E-state index in [9.17, 15) is 23.5 Å². The lowest BCUT2D eigenvalue weighted by Crippen LogP contribution is -2.20. The number of carbonyl (C=O) groups excluding carboxylic acids is 1. The summed E-state index contributed by atoms with van der Waals surface area (Å²) in [5, 5.41) is 15.9. The second-order valence-corrected chi connectivity index (χ2v) is 8.96. The summed E-state index contributed by atoms with van der Waals surface area (Å²) in [6.07, 6.45) is 0.441. The normalized spacial score (nSPS) is 14.6. The molecule has 1 atom stereocenters. The van der Waals surface area contributed by atoms with Gasteiger partial charge in [0.25, 0.3) is 0 Å². The zero-order valence-electron chi connectivity index (χ0n) is 19.8. The molecule has 1 heterocycles. The number of amides is 1. The van der Waals surface area contributed by atoms with Gasteiger partial charge in [0.05, 0.1) is 17.3 Å². The number of aromatic nitrogens is 2. The maximum absolute atomic E-state index is 14.8. The molecule has 188 valence electrons. The highest BCUT2D eigenvalue weighted by Gasteiger charge is 2.53. The molecule has 0 radical (unpaired) electrons. The molecule has 1 aromatic heterocycles. The van der Waals surface area contributed by atoms with Gasteiger partial charge in [0.15, 0.2) is 11.6 Å². The smallest absolute Gasteiger partial charge is 0.413 e. The number of carboxylic acid groups (broad SMARTS) is 1. The predicted molar refractivity (Wildman–Crippen MR) is 132 cm³/mol. The van der Waals surface area contributed by atoms with Gasteiger partial charge in [0.1, 0.15) is 11.9 Å². The minimum absolute atomic E-state index is 0.184. The van der Waals surface area contributed by atoms with Crippen molar-refractivity contribution in [2.24, 2.45) is 0 Å². The number of aliphatic carboxylic acids is 1. The van der Waals surface area contributed by atoms with Gasteiger partial charge in [-0.25, -0.2) is 18.3 Å². The maximum atomic E-state index is 14.8. The number of hydrogen-bond acceptors (Lipinski definition) is 4. The van der Waals surface area contributed by atoms with Crippen LogP contribution < -0.4 is 5.32 Å². The quantitative estimate of drug-likeness (QED) is 0.311. The molecule has 3 aromatic carbocycles. The Bertz CT molecular complexity index is 1460. The summed E-state index contributed by atoms with van der Waals surface area (Å²) in [7, 11) is 0. The summed E-state index contributed by atoms with van der Waals surface area (Å²) in [6.45, 7) is 1.71.